The van der Waals surface area contributed by atoms with Gasteiger partial charge < -0.3 is 9.84 Å². The summed E-state index contributed by atoms with van der Waals surface area (Å²) in [5, 5.41) is 7.55. The molecule has 8 heteroatoms. The van der Waals surface area contributed by atoms with E-state index in [4.69, 9.17) is 16.1 Å². The fourth-order valence-corrected chi connectivity index (χ4v) is 3.44. The van der Waals surface area contributed by atoms with Gasteiger partial charge in [0, 0.05) is 25.1 Å². The van der Waals surface area contributed by atoms with Crippen molar-refractivity contribution in [3.05, 3.63) is 81.4 Å². The van der Waals surface area contributed by atoms with Crippen LogP contribution in [0.5, 0.6) is 0 Å². The van der Waals surface area contributed by atoms with Crippen LogP contribution in [0.1, 0.15) is 17.5 Å². The number of rotatable bonds is 6. The van der Waals surface area contributed by atoms with Crippen LogP contribution in [0.25, 0.3) is 22.4 Å². The summed E-state index contributed by atoms with van der Waals surface area (Å²) in [5.41, 5.74) is 2.89. The highest BCUT2D eigenvalue weighted by Gasteiger charge is 2.18. The van der Waals surface area contributed by atoms with Gasteiger partial charge in [0.15, 0.2) is 0 Å². The quantitative estimate of drug-likeness (QED) is 0.511. The number of carbonyl (C=O) groups is 1. The van der Waals surface area contributed by atoms with Crippen LogP contribution in [0.4, 0.5) is 0 Å². The van der Waals surface area contributed by atoms with E-state index in [0.717, 1.165) is 11.1 Å². The van der Waals surface area contributed by atoms with Gasteiger partial charge in [-0.1, -0.05) is 64.8 Å². The van der Waals surface area contributed by atoms with Gasteiger partial charge in [-0.05, 0) is 18.6 Å². The first-order valence-corrected chi connectivity index (χ1v) is 9.82. The van der Waals surface area contributed by atoms with Gasteiger partial charge in [0.1, 0.15) is 17.4 Å². The second-order valence-electron chi connectivity index (χ2n) is 6.95. The maximum Gasteiger partial charge on any atom is 0.266 e. The molecule has 0 fully saturated rings. The molecule has 0 radical (unpaired) electrons. The lowest BCUT2D eigenvalue weighted by Crippen LogP contribution is -2.27. The number of nitrogens with one attached hydrogen (secondary N) is 1. The summed E-state index contributed by atoms with van der Waals surface area (Å²) in [6.07, 6.45) is 1.51. The lowest BCUT2D eigenvalue weighted by atomic mass is 10.1. The van der Waals surface area contributed by atoms with E-state index in [1.54, 1.807) is 24.3 Å². The Hall–Kier alpha value is -3.45. The minimum Gasteiger partial charge on any atom is -0.352 e. The van der Waals surface area contributed by atoms with E-state index >= 15 is 0 Å². The van der Waals surface area contributed by atoms with E-state index in [2.05, 4.69) is 15.5 Å². The van der Waals surface area contributed by atoms with E-state index in [0.29, 0.717) is 22.8 Å². The smallest absolute Gasteiger partial charge is 0.266 e. The topological polar surface area (TPSA) is 90.0 Å². The Labute approximate surface area is 177 Å². The maximum atomic E-state index is 13.0. The minimum absolute atomic E-state index is 0.134. The summed E-state index contributed by atoms with van der Waals surface area (Å²) in [5.74, 6) is -0.153. The fourth-order valence-electron chi connectivity index (χ4n) is 3.21. The van der Waals surface area contributed by atoms with Crippen LogP contribution in [-0.4, -0.2) is 20.6 Å². The van der Waals surface area contributed by atoms with Crippen molar-refractivity contribution in [3.63, 3.8) is 0 Å². The molecule has 4 rings (SSSR count). The number of hydrogen-bond donors (Lipinski definition) is 1. The third-order valence-electron chi connectivity index (χ3n) is 4.74. The SMILES string of the molecule is Cc1cccc(CNC(=O)CCn2cnc3onc(-c4ccccc4Cl)c3c2=O)c1. The van der Waals surface area contributed by atoms with Gasteiger partial charge in [-0.3, -0.25) is 14.2 Å². The molecule has 0 atom stereocenters. The van der Waals surface area contributed by atoms with E-state index in [-0.39, 0.29) is 35.5 Å². The van der Waals surface area contributed by atoms with Crippen molar-refractivity contribution >= 4 is 28.6 Å². The first-order valence-electron chi connectivity index (χ1n) is 9.45. The molecule has 0 aliphatic heterocycles. The zero-order valence-corrected chi connectivity index (χ0v) is 17.0. The van der Waals surface area contributed by atoms with Gasteiger partial charge in [0.25, 0.3) is 11.3 Å². The van der Waals surface area contributed by atoms with Crippen LogP contribution in [0.3, 0.4) is 0 Å². The highest BCUT2D eigenvalue weighted by Crippen LogP contribution is 2.30. The molecule has 152 valence electrons. The standard InChI is InChI=1S/C22H19ClN4O3/c1-14-5-4-6-15(11-14)12-24-18(28)9-10-27-13-25-21-19(22(27)29)20(26-30-21)16-7-2-3-8-17(16)23/h2-8,11,13H,9-10,12H2,1H3,(H,24,28). The van der Waals surface area contributed by atoms with E-state index in [1.165, 1.54) is 10.9 Å². The normalized spacial score (nSPS) is 11.0. The molecule has 0 bridgehead atoms. The zero-order valence-electron chi connectivity index (χ0n) is 16.3. The third-order valence-corrected chi connectivity index (χ3v) is 5.07. The summed E-state index contributed by atoms with van der Waals surface area (Å²) in [7, 11) is 0. The number of carbonyl (C=O) groups excluding carboxylic acids is 1. The highest BCUT2D eigenvalue weighted by molar-refractivity contribution is 6.33. The summed E-state index contributed by atoms with van der Waals surface area (Å²) < 4.78 is 6.59. The van der Waals surface area contributed by atoms with E-state index in [1.807, 2.05) is 31.2 Å². The molecule has 0 spiro atoms. The largest absolute Gasteiger partial charge is 0.352 e. The molecule has 0 aliphatic rings. The molecule has 30 heavy (non-hydrogen) atoms. The van der Waals surface area contributed by atoms with Crippen LogP contribution in [0.2, 0.25) is 5.02 Å². The molecule has 2 heterocycles. The van der Waals surface area contributed by atoms with Crippen molar-refractivity contribution in [1.82, 2.24) is 20.0 Å². The van der Waals surface area contributed by atoms with Gasteiger partial charge in [-0.15, -0.1) is 0 Å². The van der Waals surface area contributed by atoms with E-state index in [9.17, 15) is 9.59 Å². The molecule has 2 aromatic carbocycles. The molecule has 1 N–H and O–H groups in total. The second kappa shape index (κ2) is 8.51. The predicted molar refractivity (Wildman–Crippen MR) is 114 cm³/mol. The second-order valence-corrected chi connectivity index (χ2v) is 7.36. The number of benzene rings is 2. The molecule has 1 amide bonds. The number of halogens is 1. The molecule has 7 nitrogen and oxygen atoms in total. The van der Waals surface area contributed by atoms with Crippen molar-refractivity contribution in [2.45, 2.75) is 26.4 Å². The zero-order chi connectivity index (χ0) is 21.1. The van der Waals surface area contributed by atoms with Crippen LogP contribution in [0, 0.1) is 6.92 Å². The molecule has 0 saturated carbocycles. The molecule has 0 unspecified atom stereocenters. The van der Waals surface area contributed by atoms with Crippen LogP contribution in [-0.2, 0) is 17.9 Å². The lowest BCUT2D eigenvalue weighted by Gasteiger charge is -2.08. The Bertz CT molecular complexity index is 1280. The molecular weight excluding hydrogens is 404 g/mol. The van der Waals surface area contributed by atoms with Gasteiger partial charge >= 0.3 is 0 Å². The van der Waals surface area contributed by atoms with Crippen molar-refractivity contribution in [2.24, 2.45) is 0 Å². The molecule has 0 saturated heterocycles. The predicted octanol–water partition coefficient (Wildman–Crippen LogP) is 3.72. The summed E-state index contributed by atoms with van der Waals surface area (Å²) >= 11 is 6.24. The number of amides is 1. The molecule has 0 aliphatic carbocycles. The average Bonchev–Trinajstić information content (AvgIpc) is 3.17. The Balaban J connectivity index is 1.50. The minimum atomic E-state index is -0.331. The molecular formula is C22H19ClN4O3. The first-order chi connectivity index (χ1) is 14.5. The number of hydrogen-bond acceptors (Lipinski definition) is 5. The maximum absolute atomic E-state index is 13.0. The fraction of sp³-hybridized carbons (Fsp3) is 0.182. The Morgan fingerprint density at radius 3 is 2.83 bits per heavy atom. The molecule has 2 aromatic heterocycles. The van der Waals surface area contributed by atoms with Crippen molar-refractivity contribution in [2.75, 3.05) is 0 Å². The average molecular weight is 423 g/mol. The van der Waals surface area contributed by atoms with Crippen molar-refractivity contribution in [3.8, 4) is 11.3 Å². The third kappa shape index (κ3) is 4.11. The number of nitrogens with zero attached hydrogens (tertiary/aromatic N) is 3. The lowest BCUT2D eigenvalue weighted by molar-refractivity contribution is -0.121. The van der Waals surface area contributed by atoms with Gasteiger partial charge in [-0.25, -0.2) is 4.98 Å². The number of aromatic nitrogens is 3. The van der Waals surface area contributed by atoms with Crippen LogP contribution < -0.4 is 10.9 Å². The Morgan fingerprint density at radius 1 is 1.20 bits per heavy atom. The summed E-state index contributed by atoms with van der Waals surface area (Å²) in [4.78, 5) is 29.4. The highest BCUT2D eigenvalue weighted by atomic mass is 35.5. The Morgan fingerprint density at radius 2 is 2.03 bits per heavy atom. The summed E-state index contributed by atoms with van der Waals surface area (Å²) in [6, 6.07) is 15.0. The molecule has 4 aromatic rings. The van der Waals surface area contributed by atoms with Gasteiger partial charge in [-0.2, -0.15) is 0 Å². The van der Waals surface area contributed by atoms with Crippen LogP contribution >= 0.6 is 11.6 Å². The number of aryl methyl sites for hydroxylation is 2. The van der Waals surface area contributed by atoms with Crippen molar-refractivity contribution < 1.29 is 9.32 Å². The van der Waals surface area contributed by atoms with E-state index < -0.39 is 0 Å². The van der Waals surface area contributed by atoms with Crippen molar-refractivity contribution in [1.29, 1.82) is 0 Å². The summed E-state index contributed by atoms with van der Waals surface area (Å²) in [6.45, 7) is 2.63. The monoisotopic (exact) mass is 422 g/mol. The first kappa shape index (κ1) is 19.8. The Kier molecular flexibility index (Phi) is 5.63. The van der Waals surface area contributed by atoms with Gasteiger partial charge in [0.05, 0.1) is 5.02 Å². The van der Waals surface area contributed by atoms with Gasteiger partial charge in [0.2, 0.25) is 5.91 Å². The van der Waals surface area contributed by atoms with Crippen LogP contribution in [0.15, 0.2) is 64.2 Å². The number of fused-ring (bicyclic) bond motifs is 1.